The number of hydrogen-bond acceptors (Lipinski definition) is 4. The Balaban J connectivity index is 1.88. The minimum atomic E-state index is 0.828. The number of pyridine rings is 1. The lowest BCUT2D eigenvalue weighted by molar-refractivity contribution is 1.30. The Morgan fingerprint density at radius 1 is 0.944 bits per heavy atom. The number of rotatable bonds is 3. The molecule has 0 radical (unpaired) electrons. The van der Waals surface area contributed by atoms with Crippen molar-refractivity contribution in [2.24, 2.45) is 0 Å². The zero-order chi connectivity index (χ0) is 12.2. The minimum Gasteiger partial charge on any atom is -0.340 e. The topological polar surface area (TPSA) is 37.8 Å². The number of aromatic nitrogens is 2. The molecule has 0 atom stereocenters. The van der Waals surface area contributed by atoms with Crippen molar-refractivity contribution in [3.8, 4) is 10.6 Å². The molecular weight excluding hydrogens is 242 g/mol. The summed E-state index contributed by atoms with van der Waals surface area (Å²) in [5, 5.41) is 6.25. The maximum atomic E-state index is 4.31. The minimum absolute atomic E-state index is 0.828. The molecule has 18 heavy (non-hydrogen) atoms. The van der Waals surface area contributed by atoms with Crippen molar-refractivity contribution >= 4 is 22.8 Å². The van der Waals surface area contributed by atoms with Crippen LogP contribution in [0.4, 0.5) is 11.5 Å². The molecule has 0 saturated heterocycles. The van der Waals surface area contributed by atoms with Crippen LogP contribution in [-0.4, -0.2) is 9.97 Å². The molecule has 0 aliphatic carbocycles. The van der Waals surface area contributed by atoms with Crippen LogP contribution in [0.1, 0.15) is 0 Å². The quantitative estimate of drug-likeness (QED) is 0.768. The number of thiazole rings is 1. The van der Waals surface area contributed by atoms with Gasteiger partial charge in [0.25, 0.3) is 0 Å². The van der Waals surface area contributed by atoms with Crippen molar-refractivity contribution < 1.29 is 0 Å². The largest absolute Gasteiger partial charge is 0.340 e. The predicted octanol–water partition coefficient (Wildman–Crippen LogP) is 3.95. The van der Waals surface area contributed by atoms with Crippen LogP contribution in [0.25, 0.3) is 10.6 Å². The molecule has 1 aromatic carbocycles. The monoisotopic (exact) mass is 253 g/mol. The first-order chi connectivity index (χ1) is 8.92. The SMILES string of the molecule is c1ccc(Nc2cc(-c3nccs3)ccn2)cc1. The standard InChI is InChI=1S/C14H11N3S/c1-2-4-12(5-3-1)17-13-10-11(6-7-15-13)14-16-8-9-18-14/h1-10H,(H,15,17). The second-order valence-electron chi connectivity index (χ2n) is 3.76. The van der Waals surface area contributed by atoms with Gasteiger partial charge in [0.15, 0.2) is 0 Å². The summed E-state index contributed by atoms with van der Waals surface area (Å²) in [5.74, 6) is 0.828. The van der Waals surface area contributed by atoms with Gasteiger partial charge >= 0.3 is 0 Å². The molecule has 0 aliphatic rings. The van der Waals surface area contributed by atoms with Crippen molar-refractivity contribution in [2.75, 3.05) is 5.32 Å². The van der Waals surface area contributed by atoms with E-state index >= 15 is 0 Å². The third-order valence-corrected chi connectivity index (χ3v) is 3.31. The molecule has 3 rings (SSSR count). The average molecular weight is 253 g/mol. The Hall–Kier alpha value is -2.20. The van der Waals surface area contributed by atoms with E-state index < -0.39 is 0 Å². The fraction of sp³-hybridized carbons (Fsp3) is 0. The molecular formula is C14H11N3S. The van der Waals surface area contributed by atoms with Crippen LogP contribution in [0, 0.1) is 0 Å². The fourth-order valence-corrected chi connectivity index (χ4v) is 2.30. The maximum Gasteiger partial charge on any atom is 0.130 e. The molecule has 0 bridgehead atoms. The Kier molecular flexibility index (Phi) is 3.02. The van der Waals surface area contributed by atoms with E-state index in [-0.39, 0.29) is 0 Å². The van der Waals surface area contributed by atoms with E-state index in [1.165, 1.54) is 0 Å². The predicted molar refractivity (Wildman–Crippen MR) is 75.1 cm³/mol. The summed E-state index contributed by atoms with van der Waals surface area (Å²) in [4.78, 5) is 8.61. The molecule has 1 N–H and O–H groups in total. The van der Waals surface area contributed by atoms with Crippen LogP contribution in [0.15, 0.2) is 60.2 Å². The summed E-state index contributed by atoms with van der Waals surface area (Å²) in [5.41, 5.74) is 2.11. The molecule has 0 saturated carbocycles. The number of nitrogens with one attached hydrogen (secondary N) is 1. The lowest BCUT2D eigenvalue weighted by atomic mass is 10.2. The zero-order valence-corrected chi connectivity index (χ0v) is 10.4. The molecule has 3 nitrogen and oxygen atoms in total. The van der Waals surface area contributed by atoms with Gasteiger partial charge in [0.05, 0.1) is 0 Å². The van der Waals surface area contributed by atoms with Crippen LogP contribution in [0.5, 0.6) is 0 Å². The van der Waals surface area contributed by atoms with Gasteiger partial charge in [-0.2, -0.15) is 0 Å². The van der Waals surface area contributed by atoms with E-state index in [0.29, 0.717) is 0 Å². The van der Waals surface area contributed by atoms with Crippen LogP contribution in [0.3, 0.4) is 0 Å². The Morgan fingerprint density at radius 3 is 2.61 bits per heavy atom. The van der Waals surface area contributed by atoms with Crippen molar-refractivity contribution in [3.05, 3.63) is 60.2 Å². The van der Waals surface area contributed by atoms with Crippen molar-refractivity contribution in [1.29, 1.82) is 0 Å². The number of nitrogens with zero attached hydrogens (tertiary/aromatic N) is 2. The molecule has 3 aromatic rings. The Morgan fingerprint density at radius 2 is 1.83 bits per heavy atom. The van der Waals surface area contributed by atoms with Gasteiger partial charge in [-0.3, -0.25) is 0 Å². The number of para-hydroxylation sites is 1. The Labute approximate surface area is 109 Å². The van der Waals surface area contributed by atoms with Gasteiger partial charge in [0, 0.05) is 29.0 Å². The number of hydrogen-bond donors (Lipinski definition) is 1. The van der Waals surface area contributed by atoms with E-state index in [9.17, 15) is 0 Å². The van der Waals surface area contributed by atoms with Crippen LogP contribution < -0.4 is 5.32 Å². The lowest BCUT2D eigenvalue weighted by Gasteiger charge is -2.06. The first-order valence-corrected chi connectivity index (χ1v) is 6.48. The van der Waals surface area contributed by atoms with Gasteiger partial charge in [-0.05, 0) is 24.3 Å². The van der Waals surface area contributed by atoms with E-state index in [1.54, 1.807) is 17.5 Å². The van der Waals surface area contributed by atoms with Crippen LogP contribution in [0.2, 0.25) is 0 Å². The normalized spacial score (nSPS) is 10.2. The van der Waals surface area contributed by atoms with Gasteiger partial charge < -0.3 is 5.32 Å². The van der Waals surface area contributed by atoms with Crippen molar-refractivity contribution in [3.63, 3.8) is 0 Å². The molecule has 0 unspecified atom stereocenters. The van der Waals surface area contributed by atoms with Crippen molar-refractivity contribution in [1.82, 2.24) is 9.97 Å². The second-order valence-corrected chi connectivity index (χ2v) is 4.65. The lowest BCUT2D eigenvalue weighted by Crippen LogP contribution is -1.93. The molecule has 0 aliphatic heterocycles. The molecule has 2 aromatic heterocycles. The number of anilines is 2. The molecule has 2 heterocycles. The third kappa shape index (κ3) is 2.38. The third-order valence-electron chi connectivity index (χ3n) is 2.49. The molecule has 0 spiro atoms. The highest BCUT2D eigenvalue weighted by Crippen LogP contribution is 2.24. The first kappa shape index (κ1) is 10.9. The van der Waals surface area contributed by atoms with Gasteiger partial charge in [0.2, 0.25) is 0 Å². The first-order valence-electron chi connectivity index (χ1n) is 5.60. The van der Waals surface area contributed by atoms with Gasteiger partial charge in [-0.25, -0.2) is 9.97 Å². The highest BCUT2D eigenvalue weighted by atomic mass is 32.1. The Bertz CT molecular complexity index is 621. The highest BCUT2D eigenvalue weighted by Gasteiger charge is 2.02. The smallest absolute Gasteiger partial charge is 0.130 e. The van der Waals surface area contributed by atoms with Crippen LogP contribution >= 0.6 is 11.3 Å². The highest BCUT2D eigenvalue weighted by molar-refractivity contribution is 7.13. The molecule has 4 heteroatoms. The molecule has 88 valence electrons. The number of benzene rings is 1. The maximum absolute atomic E-state index is 4.31. The van der Waals surface area contributed by atoms with Crippen molar-refractivity contribution in [2.45, 2.75) is 0 Å². The summed E-state index contributed by atoms with van der Waals surface area (Å²) < 4.78 is 0. The summed E-state index contributed by atoms with van der Waals surface area (Å²) in [6.07, 6.45) is 3.60. The summed E-state index contributed by atoms with van der Waals surface area (Å²) in [6.45, 7) is 0. The second kappa shape index (κ2) is 4.98. The fourth-order valence-electron chi connectivity index (χ4n) is 1.67. The van der Waals surface area contributed by atoms with Gasteiger partial charge in [-0.1, -0.05) is 18.2 Å². The molecule has 0 amide bonds. The zero-order valence-electron chi connectivity index (χ0n) is 9.58. The van der Waals surface area contributed by atoms with E-state index in [1.807, 2.05) is 54.0 Å². The van der Waals surface area contributed by atoms with Crippen LogP contribution in [-0.2, 0) is 0 Å². The van der Waals surface area contributed by atoms with E-state index in [4.69, 9.17) is 0 Å². The average Bonchev–Trinajstić information content (AvgIpc) is 2.94. The molecule has 0 fully saturated rings. The summed E-state index contributed by atoms with van der Waals surface area (Å²) >= 11 is 1.62. The van der Waals surface area contributed by atoms with Gasteiger partial charge in [-0.15, -0.1) is 11.3 Å². The van der Waals surface area contributed by atoms with E-state index in [0.717, 1.165) is 22.1 Å². The van der Waals surface area contributed by atoms with E-state index in [2.05, 4.69) is 15.3 Å². The summed E-state index contributed by atoms with van der Waals surface area (Å²) in [7, 11) is 0. The summed E-state index contributed by atoms with van der Waals surface area (Å²) in [6, 6.07) is 14.0. The van der Waals surface area contributed by atoms with Gasteiger partial charge in [0.1, 0.15) is 10.8 Å².